The topological polar surface area (TPSA) is 529 Å². The number of Topliss-reactive ketones (excluding diaryl/α,β-unsaturated/α-hetero) is 1. The van der Waals surface area contributed by atoms with Gasteiger partial charge in [-0.05, 0) is 45.4 Å². The first-order valence-electron chi connectivity index (χ1n) is 39.3. The summed E-state index contributed by atoms with van der Waals surface area (Å²) in [5, 5.41) is 195. The van der Waals surface area contributed by atoms with E-state index >= 15 is 0 Å². The van der Waals surface area contributed by atoms with Crippen LogP contribution in [0, 0.1) is 5.92 Å². The van der Waals surface area contributed by atoms with Crippen molar-refractivity contribution in [2.24, 2.45) is 5.92 Å². The van der Waals surface area contributed by atoms with Gasteiger partial charge < -0.3 is 150 Å². The van der Waals surface area contributed by atoms with Gasteiger partial charge in [0, 0.05) is 32.1 Å². The maximum Gasteiger partial charge on any atom is 0.364 e. The van der Waals surface area contributed by atoms with Crippen LogP contribution >= 0.6 is 0 Å². The Morgan fingerprint density at radius 1 is 0.505 bits per heavy atom. The van der Waals surface area contributed by atoms with E-state index in [1.54, 1.807) is 0 Å². The summed E-state index contributed by atoms with van der Waals surface area (Å²) >= 11 is 0. The Kier molecular flexibility index (Phi) is 44.2. The molecular weight excluding hydrogens is 1410 g/mol. The van der Waals surface area contributed by atoms with Gasteiger partial charge in [-0.1, -0.05) is 161 Å². The molecule has 0 bridgehead atoms. The van der Waals surface area contributed by atoms with Crippen LogP contribution in [0.3, 0.4) is 0 Å². The van der Waals surface area contributed by atoms with Crippen LogP contribution in [0.15, 0.2) is 12.2 Å². The first kappa shape index (κ1) is 94.4. The van der Waals surface area contributed by atoms with Crippen molar-refractivity contribution in [1.82, 2.24) is 10.6 Å². The average molecular weight is 1550 g/mol. The smallest absolute Gasteiger partial charge is 0.364 e. The van der Waals surface area contributed by atoms with E-state index in [-0.39, 0.29) is 18.7 Å². The zero-order chi connectivity index (χ0) is 78.8. The number of allylic oxidation sites excluding steroid dienone is 2. The Labute approximate surface area is 628 Å². The monoisotopic (exact) mass is 1540 g/mol. The number of carbonyl (C=O) groups is 4. The molecule has 28 atom stereocenters. The van der Waals surface area contributed by atoms with Crippen molar-refractivity contribution in [2.75, 3.05) is 39.6 Å². The second-order valence-electron chi connectivity index (χ2n) is 29.6. The van der Waals surface area contributed by atoms with Crippen molar-refractivity contribution >= 4 is 23.6 Å². The number of ketones is 1. The summed E-state index contributed by atoms with van der Waals surface area (Å²) in [4.78, 5) is 53.1. The number of carboxylic acids is 1. The largest absolute Gasteiger partial charge is 0.477 e. The van der Waals surface area contributed by atoms with E-state index in [1.807, 2.05) is 0 Å². The molecule has 5 saturated heterocycles. The third-order valence-corrected chi connectivity index (χ3v) is 20.9. The summed E-state index contributed by atoms with van der Waals surface area (Å²) in [6.07, 6.45) is -17.2. The van der Waals surface area contributed by atoms with Crippen LogP contribution in [0.5, 0.6) is 0 Å². The van der Waals surface area contributed by atoms with Crippen LogP contribution in [0.25, 0.3) is 0 Å². The Hall–Kier alpha value is -3.22. The van der Waals surface area contributed by atoms with Crippen LogP contribution in [0.4, 0.5) is 0 Å². The molecule has 1 unspecified atom stereocenters. The van der Waals surface area contributed by atoms with Gasteiger partial charge in [0.2, 0.25) is 11.8 Å². The fourth-order valence-corrected chi connectivity index (χ4v) is 14.6. The van der Waals surface area contributed by atoms with E-state index in [0.29, 0.717) is 12.8 Å². The molecule has 0 saturated carbocycles. The molecule has 0 radical (unpaired) electrons. The lowest BCUT2D eigenvalue weighted by molar-refractivity contribution is -0.406. The lowest BCUT2D eigenvalue weighted by atomic mass is 9.86. The van der Waals surface area contributed by atoms with Crippen molar-refractivity contribution < 1.29 is 153 Å². The highest BCUT2D eigenvalue weighted by molar-refractivity contribution is 5.77. The highest BCUT2D eigenvalue weighted by Crippen LogP contribution is 2.42. The molecule has 19 N–H and O–H groups in total. The van der Waals surface area contributed by atoms with Crippen molar-refractivity contribution in [3.63, 3.8) is 0 Å². The Balaban J connectivity index is 1.39. The first-order chi connectivity index (χ1) is 51.3. The quantitative estimate of drug-likeness (QED) is 0.0282. The number of aliphatic carboxylic acids is 1. The minimum Gasteiger partial charge on any atom is -0.477 e. The first-order valence-corrected chi connectivity index (χ1v) is 39.3. The third-order valence-electron chi connectivity index (χ3n) is 20.9. The number of nitrogens with one attached hydrogen (secondary N) is 2. The van der Waals surface area contributed by atoms with Gasteiger partial charge in [-0.25, -0.2) is 4.79 Å². The van der Waals surface area contributed by atoms with E-state index in [4.69, 9.17) is 47.4 Å². The number of hydrogen-bond donors (Lipinski definition) is 19. The number of unbranched alkanes of at least 4 members (excludes halogenated alkanes) is 23. The average Bonchev–Trinajstić information content (AvgIpc) is 0.754. The van der Waals surface area contributed by atoms with Gasteiger partial charge in [0.1, 0.15) is 110 Å². The second kappa shape index (κ2) is 50.1. The van der Waals surface area contributed by atoms with Gasteiger partial charge >= 0.3 is 5.97 Å². The summed E-state index contributed by atoms with van der Waals surface area (Å²) in [5.41, 5.74) is 0. The third kappa shape index (κ3) is 29.3. The molecule has 33 heteroatoms. The summed E-state index contributed by atoms with van der Waals surface area (Å²) in [5.74, 6) is -9.04. The molecule has 0 aromatic carbocycles. The molecule has 0 aliphatic carbocycles. The maximum atomic E-state index is 13.8. The van der Waals surface area contributed by atoms with Gasteiger partial charge in [-0.15, -0.1) is 0 Å². The predicted molar refractivity (Wildman–Crippen MR) is 380 cm³/mol. The number of aliphatic hydroxyl groups is 16. The molecule has 33 nitrogen and oxygen atoms in total. The van der Waals surface area contributed by atoms with Gasteiger partial charge in [-0.2, -0.15) is 0 Å². The summed E-state index contributed by atoms with van der Waals surface area (Å²) < 4.78 is 60.4. The van der Waals surface area contributed by atoms with Gasteiger partial charge in [0.05, 0.1) is 70.0 Å². The molecule has 5 aliphatic rings. The van der Waals surface area contributed by atoms with Crippen molar-refractivity contribution in [3.05, 3.63) is 12.2 Å². The molecule has 0 spiro atoms. The highest BCUT2D eigenvalue weighted by Gasteiger charge is 2.62. The summed E-state index contributed by atoms with van der Waals surface area (Å²) in [6, 6.07) is -2.81. The second-order valence-corrected chi connectivity index (χ2v) is 29.6. The van der Waals surface area contributed by atoms with E-state index < -0.39 is 241 Å². The normalized spacial score (nSPS) is 34.6. The number of carboxylic acid groups (broad SMARTS) is 1. The van der Waals surface area contributed by atoms with Crippen LogP contribution in [0.2, 0.25) is 0 Å². The Morgan fingerprint density at radius 2 is 0.972 bits per heavy atom. The van der Waals surface area contributed by atoms with Crippen LogP contribution < -0.4 is 10.6 Å². The zero-order valence-electron chi connectivity index (χ0n) is 63.0. The fourth-order valence-electron chi connectivity index (χ4n) is 14.6. The minimum absolute atomic E-state index is 0.152. The van der Waals surface area contributed by atoms with Gasteiger partial charge in [0.15, 0.2) is 25.2 Å². The maximum absolute atomic E-state index is 13.8. The SMILES string of the molecule is CCCCCC/C=C\CCCCCCCCCC(=O)N[C@@H](CO[C@@H]1O[C@H](CO)[C@@H](O[C@@H]2O[C@H](CO)[C@H](O[C@@H]3O[C@H](CO)[C@H](O)[C@H](O[C@@H]4O[C@H](CO)[C@H](O)[C@H](O)[C@H]4O)[C@H]3CC(C)=O)[C@H](O[C@]3(C(=O)O)C[C@H](O)[C@@H](NC(C)=O)C([C@H](O)[C@H](O)CO)O3)[C@H]2O)[C@H](O)[C@H]1O)[C@H](O)CCCCCCCCCCCCCCC. The summed E-state index contributed by atoms with van der Waals surface area (Å²) in [6.45, 7) is 0.568. The molecule has 5 rings (SSSR count). The standard InChI is InChI=1S/C74H132N2O31/c1-5-7-9-11-13-15-17-19-20-22-24-26-28-30-32-34-54(87)76-46(47(84)33-31-29-27-25-23-21-18-16-14-12-10-8-6-2)42-98-70-62(94)60(92)65(52(40-80)101-70)104-72-63(95)68(107-74(73(96)97)36-48(85)55(75-44(4)83)67(106-74)56(88)49(86)37-77)66(53(41-81)102-72)105-69-45(35-43(3)82)64(58(90)51(39-79)99-69)103-71-61(93)59(91)57(89)50(38-78)100-71/h15,17,45-53,55-72,77-81,84-86,88-95H,5-14,16,18-42H2,1-4H3,(H,75,83)(H,76,87)(H,96,97)/b17-15-/t45-,46+,47-,48+,49-,50-,51-,52-,53-,55-,56-,57+,58+,59+,60-,61-,62-,63-,64-,65-,66+,67?,68-,69+,70-,71+,72+,74+/m1/s1. The Morgan fingerprint density at radius 3 is 1.51 bits per heavy atom. The lowest BCUT2D eigenvalue weighted by Gasteiger charge is -2.52. The predicted octanol–water partition coefficient (Wildman–Crippen LogP) is 0.0482. The van der Waals surface area contributed by atoms with E-state index in [0.717, 1.165) is 97.3 Å². The number of hydrogen-bond acceptors (Lipinski definition) is 30. The minimum atomic E-state index is -3.36. The molecule has 0 aromatic heterocycles. The molecule has 5 aliphatic heterocycles. The number of rotatable bonds is 53. The van der Waals surface area contributed by atoms with Crippen LogP contribution in [-0.2, 0) is 66.5 Å². The van der Waals surface area contributed by atoms with E-state index in [2.05, 4.69) is 36.6 Å². The van der Waals surface area contributed by atoms with E-state index in [9.17, 15) is 106 Å². The molecule has 2 amide bonds. The number of amides is 2. The lowest BCUT2D eigenvalue weighted by Crippen LogP contribution is -2.71. The molecule has 624 valence electrons. The number of ether oxygens (including phenoxy) is 10. The van der Waals surface area contributed by atoms with Crippen molar-refractivity contribution in [3.8, 4) is 0 Å². The van der Waals surface area contributed by atoms with Gasteiger partial charge in [0.25, 0.3) is 5.79 Å². The van der Waals surface area contributed by atoms with Crippen molar-refractivity contribution in [1.29, 1.82) is 0 Å². The fraction of sp³-hybridized carbons (Fsp3) is 0.919. The zero-order valence-corrected chi connectivity index (χ0v) is 63.0. The van der Waals surface area contributed by atoms with Crippen molar-refractivity contribution in [2.45, 2.75) is 385 Å². The number of aliphatic hydroxyl groups excluding tert-OH is 16. The van der Waals surface area contributed by atoms with Crippen LogP contribution in [-0.4, -0.2) is 315 Å². The molecule has 5 fully saturated rings. The number of carbonyl (C=O) groups excluding carboxylic acids is 3. The highest BCUT2D eigenvalue weighted by atomic mass is 16.8. The molecular formula is C74H132N2O31. The van der Waals surface area contributed by atoms with Crippen LogP contribution in [0.1, 0.15) is 220 Å². The summed E-state index contributed by atoms with van der Waals surface area (Å²) in [7, 11) is 0. The van der Waals surface area contributed by atoms with Gasteiger partial charge in [-0.3, -0.25) is 9.59 Å². The molecule has 0 aromatic rings. The van der Waals surface area contributed by atoms with E-state index in [1.165, 1.54) is 70.6 Å². The Bertz CT molecular complexity index is 2500. The molecule has 107 heavy (non-hydrogen) atoms. The molecule has 5 heterocycles.